The third-order valence-corrected chi connectivity index (χ3v) is 5.04. The average Bonchev–Trinajstić information content (AvgIpc) is 3.13. The van der Waals surface area contributed by atoms with E-state index in [1.165, 1.54) is 0 Å². The standard InChI is InChI=1S/C22H23N5O2/c1-16-13-21-26(11-2-12-27(21)25-16)22(29)8-7-19(28)14-17-3-5-18(6-4-17)20-15-23-9-10-24-20/h3-6,9-10,13,15H,2,7-8,11-12,14H2,1H3. The minimum absolute atomic E-state index is 0.0165. The third-order valence-electron chi connectivity index (χ3n) is 5.04. The highest BCUT2D eigenvalue weighted by molar-refractivity contribution is 5.95. The first-order valence-electron chi connectivity index (χ1n) is 9.82. The highest BCUT2D eigenvalue weighted by Gasteiger charge is 2.24. The molecule has 0 bridgehead atoms. The Morgan fingerprint density at radius 1 is 1.07 bits per heavy atom. The van der Waals surface area contributed by atoms with E-state index in [9.17, 15) is 9.59 Å². The number of amides is 1. The second kappa shape index (κ2) is 8.34. The zero-order valence-electron chi connectivity index (χ0n) is 16.4. The molecule has 3 heterocycles. The number of aryl methyl sites for hydroxylation is 2. The molecule has 0 radical (unpaired) electrons. The monoisotopic (exact) mass is 389 g/mol. The van der Waals surface area contributed by atoms with Crippen molar-refractivity contribution in [2.75, 3.05) is 11.4 Å². The smallest absolute Gasteiger partial charge is 0.228 e. The Balaban J connectivity index is 1.32. The third kappa shape index (κ3) is 4.39. The minimum atomic E-state index is -0.0165. The van der Waals surface area contributed by atoms with Crippen LogP contribution in [0.3, 0.4) is 0 Å². The summed E-state index contributed by atoms with van der Waals surface area (Å²) in [6.07, 6.45) is 6.67. The van der Waals surface area contributed by atoms with Crippen LogP contribution in [-0.2, 0) is 22.6 Å². The first-order valence-corrected chi connectivity index (χ1v) is 9.82. The lowest BCUT2D eigenvalue weighted by Gasteiger charge is -2.27. The van der Waals surface area contributed by atoms with Crippen LogP contribution in [0.15, 0.2) is 48.9 Å². The number of nitrogens with zero attached hydrogens (tertiary/aromatic N) is 5. The number of Topliss-reactive ketones (excluding diaryl/α,β-unsaturated/α-hetero) is 1. The van der Waals surface area contributed by atoms with Crippen molar-refractivity contribution >= 4 is 17.5 Å². The van der Waals surface area contributed by atoms with Crippen molar-refractivity contribution in [1.82, 2.24) is 19.7 Å². The van der Waals surface area contributed by atoms with Gasteiger partial charge in [0, 0.05) is 56.4 Å². The van der Waals surface area contributed by atoms with E-state index >= 15 is 0 Å². The van der Waals surface area contributed by atoms with Crippen LogP contribution in [0.2, 0.25) is 0 Å². The van der Waals surface area contributed by atoms with Gasteiger partial charge in [-0.05, 0) is 18.9 Å². The van der Waals surface area contributed by atoms with Crippen molar-refractivity contribution in [3.05, 3.63) is 60.2 Å². The van der Waals surface area contributed by atoms with Crippen molar-refractivity contribution in [2.24, 2.45) is 0 Å². The Hall–Kier alpha value is -3.35. The number of anilines is 1. The fourth-order valence-electron chi connectivity index (χ4n) is 3.60. The van der Waals surface area contributed by atoms with E-state index in [1.54, 1.807) is 23.5 Å². The van der Waals surface area contributed by atoms with Gasteiger partial charge in [0.25, 0.3) is 0 Å². The number of aromatic nitrogens is 4. The summed E-state index contributed by atoms with van der Waals surface area (Å²) >= 11 is 0. The van der Waals surface area contributed by atoms with Crippen LogP contribution >= 0.6 is 0 Å². The Morgan fingerprint density at radius 2 is 1.90 bits per heavy atom. The highest BCUT2D eigenvalue weighted by atomic mass is 16.2. The van der Waals surface area contributed by atoms with Crippen molar-refractivity contribution in [3.63, 3.8) is 0 Å². The molecule has 0 N–H and O–H groups in total. The maximum atomic E-state index is 12.6. The summed E-state index contributed by atoms with van der Waals surface area (Å²) < 4.78 is 1.87. The first kappa shape index (κ1) is 19.0. The fourth-order valence-corrected chi connectivity index (χ4v) is 3.60. The van der Waals surface area contributed by atoms with E-state index in [1.807, 2.05) is 41.9 Å². The van der Waals surface area contributed by atoms with Crippen molar-refractivity contribution in [3.8, 4) is 11.3 Å². The normalized spacial score (nSPS) is 13.2. The fraction of sp³-hybridized carbons (Fsp3) is 0.318. The van der Waals surface area contributed by atoms with Crippen molar-refractivity contribution in [1.29, 1.82) is 0 Å². The van der Waals surface area contributed by atoms with Crippen LogP contribution in [0.25, 0.3) is 11.3 Å². The van der Waals surface area contributed by atoms with Crippen LogP contribution in [0.5, 0.6) is 0 Å². The van der Waals surface area contributed by atoms with Gasteiger partial charge in [0.2, 0.25) is 5.91 Å². The van der Waals surface area contributed by atoms with Gasteiger partial charge in [0.05, 0.1) is 17.6 Å². The van der Waals surface area contributed by atoms with Gasteiger partial charge >= 0.3 is 0 Å². The molecule has 0 atom stereocenters. The molecule has 1 amide bonds. The minimum Gasteiger partial charge on any atom is -0.299 e. The van der Waals surface area contributed by atoms with Gasteiger partial charge in [-0.15, -0.1) is 0 Å². The quantitative estimate of drug-likeness (QED) is 0.647. The van der Waals surface area contributed by atoms with Gasteiger partial charge in [-0.25, -0.2) is 4.68 Å². The Kier molecular flexibility index (Phi) is 5.46. The van der Waals surface area contributed by atoms with E-state index in [-0.39, 0.29) is 24.5 Å². The number of hydrogen-bond acceptors (Lipinski definition) is 5. The second-order valence-electron chi connectivity index (χ2n) is 7.27. The lowest BCUT2D eigenvalue weighted by molar-refractivity contribution is -0.123. The molecule has 7 nitrogen and oxygen atoms in total. The largest absolute Gasteiger partial charge is 0.299 e. The number of rotatable bonds is 6. The zero-order chi connectivity index (χ0) is 20.2. The van der Waals surface area contributed by atoms with Gasteiger partial charge in [-0.2, -0.15) is 5.10 Å². The lowest BCUT2D eigenvalue weighted by atomic mass is 10.0. The molecule has 0 aliphatic carbocycles. The van der Waals surface area contributed by atoms with Crippen LogP contribution in [0.4, 0.5) is 5.82 Å². The number of benzene rings is 1. The summed E-state index contributed by atoms with van der Waals surface area (Å²) in [5, 5.41) is 4.41. The molecule has 0 saturated carbocycles. The molecule has 0 unspecified atom stereocenters. The van der Waals surface area contributed by atoms with Crippen LogP contribution in [-0.4, -0.2) is 38.0 Å². The molecular formula is C22H23N5O2. The summed E-state index contributed by atoms with van der Waals surface area (Å²) in [4.78, 5) is 35.1. The molecule has 148 valence electrons. The van der Waals surface area contributed by atoms with Crippen molar-refractivity contribution in [2.45, 2.75) is 39.2 Å². The van der Waals surface area contributed by atoms with Crippen molar-refractivity contribution < 1.29 is 9.59 Å². The molecule has 0 spiro atoms. The number of carbonyl (C=O) groups is 2. The molecule has 4 rings (SSSR count). The highest BCUT2D eigenvalue weighted by Crippen LogP contribution is 2.23. The van der Waals surface area contributed by atoms with Gasteiger partial charge in [-0.3, -0.25) is 24.5 Å². The van der Waals surface area contributed by atoms with Gasteiger partial charge < -0.3 is 0 Å². The van der Waals surface area contributed by atoms with Gasteiger partial charge in [0.1, 0.15) is 11.6 Å². The second-order valence-corrected chi connectivity index (χ2v) is 7.27. The van der Waals surface area contributed by atoms with E-state index < -0.39 is 0 Å². The van der Waals surface area contributed by atoms with Gasteiger partial charge in [-0.1, -0.05) is 24.3 Å². The first-order chi connectivity index (χ1) is 14.1. The lowest BCUT2D eigenvalue weighted by Crippen LogP contribution is -2.37. The maximum Gasteiger partial charge on any atom is 0.228 e. The molecule has 0 fully saturated rings. The summed E-state index contributed by atoms with van der Waals surface area (Å²) in [5.74, 6) is 0.885. The summed E-state index contributed by atoms with van der Waals surface area (Å²) in [6, 6.07) is 9.66. The van der Waals surface area contributed by atoms with E-state index in [2.05, 4.69) is 15.1 Å². The topological polar surface area (TPSA) is 81.0 Å². The number of fused-ring (bicyclic) bond motifs is 1. The van der Waals surface area contributed by atoms with E-state index in [4.69, 9.17) is 0 Å². The molecule has 3 aromatic rings. The molecule has 29 heavy (non-hydrogen) atoms. The molecule has 1 aliphatic rings. The molecule has 1 aliphatic heterocycles. The molecule has 1 aromatic carbocycles. The number of hydrogen-bond donors (Lipinski definition) is 0. The predicted octanol–water partition coefficient (Wildman–Crippen LogP) is 2.98. The van der Waals surface area contributed by atoms with E-state index in [0.29, 0.717) is 13.0 Å². The predicted molar refractivity (Wildman–Crippen MR) is 109 cm³/mol. The number of carbonyl (C=O) groups excluding carboxylic acids is 2. The van der Waals surface area contributed by atoms with Crippen LogP contribution < -0.4 is 4.90 Å². The molecule has 2 aromatic heterocycles. The van der Waals surface area contributed by atoms with Crippen LogP contribution in [0.1, 0.15) is 30.5 Å². The summed E-state index contributed by atoms with van der Waals surface area (Å²) in [7, 11) is 0. The zero-order valence-corrected chi connectivity index (χ0v) is 16.4. The van der Waals surface area contributed by atoms with E-state index in [0.717, 1.165) is 41.3 Å². The molecule has 0 saturated heterocycles. The number of ketones is 1. The SMILES string of the molecule is Cc1cc2n(n1)CCCN2C(=O)CCC(=O)Cc1ccc(-c2cnccn2)cc1. The summed E-state index contributed by atoms with van der Waals surface area (Å²) in [5.41, 5.74) is 3.59. The summed E-state index contributed by atoms with van der Waals surface area (Å²) in [6.45, 7) is 3.44. The van der Waals surface area contributed by atoms with Gasteiger partial charge in [0.15, 0.2) is 0 Å². The maximum absolute atomic E-state index is 12.6. The molecular weight excluding hydrogens is 366 g/mol. The Bertz CT molecular complexity index is 1010. The Labute approximate surface area is 169 Å². The van der Waals surface area contributed by atoms with Crippen LogP contribution in [0, 0.1) is 6.92 Å². The molecule has 7 heteroatoms. The average molecular weight is 389 g/mol. The Morgan fingerprint density at radius 3 is 2.66 bits per heavy atom.